The maximum atomic E-state index is 12.5. The number of benzene rings is 1. The number of alkyl halides is 2. The van der Waals surface area contributed by atoms with E-state index in [9.17, 15) is 13.9 Å². The van der Waals surface area contributed by atoms with Gasteiger partial charge in [-0.25, -0.2) is 0 Å². The highest BCUT2D eigenvalue weighted by Gasteiger charge is 2.23. The SMILES string of the molecule is COc1ccc(OC(F)F)c(CNCC(C)(O)c2cccs2)c1. The van der Waals surface area contributed by atoms with Crippen molar-refractivity contribution >= 4 is 11.3 Å². The van der Waals surface area contributed by atoms with E-state index in [1.165, 1.54) is 24.5 Å². The Labute approximate surface area is 137 Å². The molecule has 2 aromatic rings. The molecule has 0 spiro atoms. The van der Waals surface area contributed by atoms with Crippen LogP contribution < -0.4 is 14.8 Å². The van der Waals surface area contributed by atoms with Gasteiger partial charge in [-0.05, 0) is 36.6 Å². The van der Waals surface area contributed by atoms with Crippen molar-refractivity contribution < 1.29 is 23.4 Å². The second-order valence-corrected chi connectivity index (χ2v) is 6.15. The first-order valence-electron chi connectivity index (χ1n) is 7.01. The van der Waals surface area contributed by atoms with Crippen LogP contribution in [0.1, 0.15) is 17.4 Å². The van der Waals surface area contributed by atoms with Crippen LogP contribution in [-0.4, -0.2) is 25.4 Å². The van der Waals surface area contributed by atoms with Crippen LogP contribution in [0, 0.1) is 0 Å². The molecular formula is C16H19F2NO3S. The van der Waals surface area contributed by atoms with Gasteiger partial charge in [-0.3, -0.25) is 0 Å². The molecule has 4 nitrogen and oxygen atoms in total. The third-order valence-corrected chi connectivity index (χ3v) is 4.44. The summed E-state index contributed by atoms with van der Waals surface area (Å²) in [7, 11) is 1.50. The van der Waals surface area contributed by atoms with E-state index in [-0.39, 0.29) is 18.8 Å². The van der Waals surface area contributed by atoms with Crippen molar-refractivity contribution in [3.8, 4) is 11.5 Å². The van der Waals surface area contributed by atoms with Gasteiger partial charge in [0.2, 0.25) is 0 Å². The van der Waals surface area contributed by atoms with E-state index in [1.54, 1.807) is 19.1 Å². The number of rotatable bonds is 8. The van der Waals surface area contributed by atoms with E-state index in [2.05, 4.69) is 10.1 Å². The molecule has 1 heterocycles. The van der Waals surface area contributed by atoms with Crippen molar-refractivity contribution in [2.45, 2.75) is 25.7 Å². The summed E-state index contributed by atoms with van der Waals surface area (Å²) >= 11 is 1.46. The lowest BCUT2D eigenvalue weighted by Crippen LogP contribution is -2.34. The molecule has 0 aliphatic carbocycles. The Morgan fingerprint density at radius 3 is 2.74 bits per heavy atom. The van der Waals surface area contributed by atoms with Gasteiger partial charge < -0.3 is 19.9 Å². The third kappa shape index (κ3) is 4.89. The molecular weight excluding hydrogens is 324 g/mol. The zero-order chi connectivity index (χ0) is 16.9. The average molecular weight is 343 g/mol. The molecule has 1 aromatic carbocycles. The smallest absolute Gasteiger partial charge is 0.387 e. The number of nitrogens with one attached hydrogen (secondary N) is 1. The van der Waals surface area contributed by atoms with Crippen LogP contribution in [0.3, 0.4) is 0 Å². The average Bonchev–Trinajstić information content (AvgIpc) is 3.03. The first kappa shape index (κ1) is 17.7. The largest absolute Gasteiger partial charge is 0.497 e. The summed E-state index contributed by atoms with van der Waals surface area (Å²) < 4.78 is 34.5. The Balaban J connectivity index is 2.04. The molecule has 126 valence electrons. The molecule has 0 amide bonds. The lowest BCUT2D eigenvalue weighted by Gasteiger charge is -2.23. The van der Waals surface area contributed by atoms with Gasteiger partial charge in [-0.1, -0.05) is 6.07 Å². The maximum Gasteiger partial charge on any atom is 0.387 e. The molecule has 0 fully saturated rings. The Kier molecular flexibility index (Phi) is 5.92. The summed E-state index contributed by atoms with van der Waals surface area (Å²) in [4.78, 5) is 0.833. The lowest BCUT2D eigenvalue weighted by atomic mass is 10.1. The van der Waals surface area contributed by atoms with E-state index in [0.717, 1.165) is 4.88 Å². The molecule has 1 atom stereocenters. The zero-order valence-electron chi connectivity index (χ0n) is 12.9. The molecule has 1 unspecified atom stereocenters. The van der Waals surface area contributed by atoms with Crippen molar-refractivity contribution in [1.82, 2.24) is 5.32 Å². The van der Waals surface area contributed by atoms with Crippen molar-refractivity contribution in [2.24, 2.45) is 0 Å². The molecule has 2 N–H and O–H groups in total. The highest BCUT2D eigenvalue weighted by molar-refractivity contribution is 7.10. The van der Waals surface area contributed by atoms with E-state index < -0.39 is 12.2 Å². The van der Waals surface area contributed by atoms with Crippen molar-refractivity contribution in [3.05, 3.63) is 46.2 Å². The van der Waals surface area contributed by atoms with Crippen LogP contribution in [0.2, 0.25) is 0 Å². The highest BCUT2D eigenvalue weighted by Crippen LogP contribution is 2.27. The molecule has 7 heteroatoms. The molecule has 2 rings (SSSR count). The second-order valence-electron chi connectivity index (χ2n) is 5.21. The predicted molar refractivity (Wildman–Crippen MR) is 85.2 cm³/mol. The van der Waals surface area contributed by atoms with Gasteiger partial charge >= 0.3 is 6.61 Å². The number of halogens is 2. The summed E-state index contributed by atoms with van der Waals surface area (Å²) in [6.07, 6.45) is 0. The van der Waals surface area contributed by atoms with Gasteiger partial charge in [-0.2, -0.15) is 8.78 Å². The summed E-state index contributed by atoms with van der Waals surface area (Å²) in [6, 6.07) is 8.35. The molecule has 0 saturated carbocycles. The second kappa shape index (κ2) is 7.72. The predicted octanol–water partition coefficient (Wildman–Crippen LogP) is 3.36. The maximum absolute atomic E-state index is 12.5. The summed E-state index contributed by atoms with van der Waals surface area (Å²) in [5.74, 6) is 0.637. The van der Waals surface area contributed by atoms with Gasteiger partial charge in [0.25, 0.3) is 0 Å². The molecule has 23 heavy (non-hydrogen) atoms. The fourth-order valence-electron chi connectivity index (χ4n) is 2.14. The number of hydrogen-bond donors (Lipinski definition) is 2. The minimum Gasteiger partial charge on any atom is -0.497 e. The molecule has 1 aromatic heterocycles. The normalized spacial score (nSPS) is 13.8. The highest BCUT2D eigenvalue weighted by atomic mass is 32.1. The Hall–Kier alpha value is -1.70. The fraction of sp³-hybridized carbons (Fsp3) is 0.375. The van der Waals surface area contributed by atoms with Gasteiger partial charge in [0.15, 0.2) is 0 Å². The summed E-state index contributed by atoms with van der Waals surface area (Å²) in [6.45, 7) is -0.649. The van der Waals surface area contributed by atoms with Gasteiger partial charge in [-0.15, -0.1) is 11.3 Å². The molecule has 0 bridgehead atoms. The molecule has 0 aliphatic rings. The number of thiophene rings is 1. The Morgan fingerprint density at radius 1 is 1.35 bits per heavy atom. The monoisotopic (exact) mass is 343 g/mol. The van der Waals surface area contributed by atoms with Gasteiger partial charge in [0.1, 0.15) is 17.1 Å². The molecule has 0 radical (unpaired) electrons. The van der Waals surface area contributed by atoms with Crippen LogP contribution in [-0.2, 0) is 12.1 Å². The number of methoxy groups -OCH3 is 1. The van der Waals surface area contributed by atoms with Crippen LogP contribution >= 0.6 is 11.3 Å². The summed E-state index contributed by atoms with van der Waals surface area (Å²) in [5, 5.41) is 15.4. The first-order valence-corrected chi connectivity index (χ1v) is 7.89. The topological polar surface area (TPSA) is 50.7 Å². The number of ether oxygens (including phenoxy) is 2. The quantitative estimate of drug-likeness (QED) is 0.772. The van der Waals surface area contributed by atoms with Crippen LogP contribution in [0.5, 0.6) is 11.5 Å². The fourth-order valence-corrected chi connectivity index (χ4v) is 2.93. The molecule has 0 aliphatic heterocycles. The van der Waals surface area contributed by atoms with Crippen LogP contribution in [0.25, 0.3) is 0 Å². The number of aliphatic hydroxyl groups is 1. The Morgan fingerprint density at radius 2 is 2.13 bits per heavy atom. The third-order valence-electron chi connectivity index (χ3n) is 3.32. The lowest BCUT2D eigenvalue weighted by molar-refractivity contribution is -0.0505. The standard InChI is InChI=1S/C16H19F2NO3S/c1-16(20,14-4-3-7-23-14)10-19-9-11-8-12(21-2)5-6-13(11)22-15(17)18/h3-8,15,19-20H,9-10H2,1-2H3. The van der Waals surface area contributed by atoms with Gasteiger partial charge in [0, 0.05) is 23.5 Å². The Bertz CT molecular complexity index is 618. The van der Waals surface area contributed by atoms with Crippen molar-refractivity contribution in [1.29, 1.82) is 0 Å². The van der Waals surface area contributed by atoms with E-state index in [1.807, 2.05) is 17.5 Å². The van der Waals surface area contributed by atoms with Crippen molar-refractivity contribution in [2.75, 3.05) is 13.7 Å². The minimum atomic E-state index is -2.89. The zero-order valence-corrected chi connectivity index (χ0v) is 13.7. The van der Waals surface area contributed by atoms with Gasteiger partial charge in [0.05, 0.1) is 7.11 Å². The van der Waals surface area contributed by atoms with Crippen LogP contribution in [0.4, 0.5) is 8.78 Å². The van der Waals surface area contributed by atoms with Crippen LogP contribution in [0.15, 0.2) is 35.7 Å². The number of hydrogen-bond acceptors (Lipinski definition) is 5. The first-order chi connectivity index (χ1) is 10.9. The van der Waals surface area contributed by atoms with Crippen molar-refractivity contribution in [3.63, 3.8) is 0 Å². The van der Waals surface area contributed by atoms with E-state index in [0.29, 0.717) is 11.3 Å². The van der Waals surface area contributed by atoms with E-state index >= 15 is 0 Å². The summed E-state index contributed by atoms with van der Waals surface area (Å²) in [5.41, 5.74) is -0.497. The molecule has 0 saturated heterocycles. The minimum absolute atomic E-state index is 0.0871. The van der Waals surface area contributed by atoms with E-state index in [4.69, 9.17) is 4.74 Å².